The molecule has 2 amide bonds. The lowest BCUT2D eigenvalue weighted by Gasteiger charge is -2.36. The molecule has 160 valence electrons. The molecule has 29 heavy (non-hydrogen) atoms. The van der Waals surface area contributed by atoms with E-state index in [0.29, 0.717) is 36.7 Å². The average molecular weight is 408 g/mol. The topological polar surface area (TPSA) is 137 Å². The summed E-state index contributed by atoms with van der Waals surface area (Å²) >= 11 is 0. The molecular weight excluding hydrogens is 380 g/mol. The SMILES string of the molecule is COCc1cn(CC[C@H]2CC[C@H](NC(=O)Nc3c(C)noc3C)[C@H](CO)O2)nn1. The second-order valence-corrected chi connectivity index (χ2v) is 7.16. The van der Waals surface area contributed by atoms with Gasteiger partial charge < -0.3 is 29.7 Å². The van der Waals surface area contributed by atoms with Crippen molar-refractivity contribution in [1.82, 2.24) is 25.5 Å². The number of aliphatic hydroxyl groups excluding tert-OH is 1. The largest absolute Gasteiger partial charge is 0.394 e. The van der Waals surface area contributed by atoms with Gasteiger partial charge in [-0.05, 0) is 33.1 Å². The fourth-order valence-electron chi connectivity index (χ4n) is 3.43. The Labute approximate surface area is 168 Å². The van der Waals surface area contributed by atoms with E-state index in [1.54, 1.807) is 25.6 Å². The van der Waals surface area contributed by atoms with Gasteiger partial charge in [0.25, 0.3) is 0 Å². The first-order valence-electron chi connectivity index (χ1n) is 9.64. The minimum atomic E-state index is -0.469. The summed E-state index contributed by atoms with van der Waals surface area (Å²) in [6.07, 6.45) is 3.57. The van der Waals surface area contributed by atoms with Crippen LogP contribution in [-0.4, -0.2) is 63.3 Å². The van der Waals surface area contributed by atoms with E-state index in [2.05, 4.69) is 26.1 Å². The molecule has 0 spiro atoms. The molecule has 1 aliphatic rings. The lowest BCUT2D eigenvalue weighted by molar-refractivity contribution is -0.0905. The first-order chi connectivity index (χ1) is 14.0. The third-order valence-corrected chi connectivity index (χ3v) is 4.94. The molecule has 0 saturated carbocycles. The van der Waals surface area contributed by atoms with Gasteiger partial charge >= 0.3 is 6.03 Å². The quantitative estimate of drug-likeness (QED) is 0.592. The first-order valence-corrected chi connectivity index (χ1v) is 9.64. The fourth-order valence-corrected chi connectivity index (χ4v) is 3.43. The van der Waals surface area contributed by atoms with Crippen molar-refractivity contribution in [2.24, 2.45) is 0 Å². The number of aryl methyl sites for hydroxylation is 3. The number of hydrogen-bond donors (Lipinski definition) is 3. The molecule has 2 aromatic rings. The summed E-state index contributed by atoms with van der Waals surface area (Å²) in [6, 6.07) is -0.658. The average Bonchev–Trinajstić information content (AvgIpc) is 3.29. The number of methoxy groups -OCH3 is 1. The number of rotatable bonds is 8. The first kappa shape index (κ1) is 21.2. The Hall–Kier alpha value is -2.50. The molecule has 0 radical (unpaired) electrons. The fraction of sp³-hybridized carbons (Fsp3) is 0.667. The number of amides is 2. The van der Waals surface area contributed by atoms with E-state index in [1.165, 1.54) is 0 Å². The molecule has 0 unspecified atom stereocenters. The molecule has 3 heterocycles. The van der Waals surface area contributed by atoms with Crippen molar-refractivity contribution in [3.05, 3.63) is 23.3 Å². The Morgan fingerprint density at radius 1 is 1.41 bits per heavy atom. The number of aliphatic hydroxyl groups is 1. The number of carbonyl (C=O) groups excluding carboxylic acids is 1. The van der Waals surface area contributed by atoms with Crippen molar-refractivity contribution in [3.8, 4) is 0 Å². The van der Waals surface area contributed by atoms with E-state index in [4.69, 9.17) is 14.0 Å². The van der Waals surface area contributed by atoms with Crippen LogP contribution < -0.4 is 10.6 Å². The third-order valence-electron chi connectivity index (χ3n) is 4.94. The van der Waals surface area contributed by atoms with E-state index in [1.807, 2.05) is 6.20 Å². The van der Waals surface area contributed by atoms with E-state index >= 15 is 0 Å². The standard InChI is InChI=1S/C18H28N6O5/c1-11-17(12(2)29-22-11)20-18(26)19-15-5-4-14(28-16(15)9-25)6-7-24-8-13(10-27-3)21-23-24/h8,14-16,25H,4-7,9-10H2,1-3H3,(H2,19,20,26)/t14-,15+,16+/m1/s1. The van der Waals surface area contributed by atoms with Gasteiger partial charge in [-0.25, -0.2) is 4.79 Å². The normalized spacial score (nSPS) is 21.9. The molecule has 11 heteroatoms. The van der Waals surface area contributed by atoms with Crippen LogP contribution in [0.5, 0.6) is 0 Å². The maximum Gasteiger partial charge on any atom is 0.319 e. The van der Waals surface area contributed by atoms with Crippen molar-refractivity contribution in [2.45, 2.75) is 64.5 Å². The number of nitrogens with zero attached hydrogens (tertiary/aromatic N) is 4. The zero-order valence-corrected chi connectivity index (χ0v) is 16.9. The summed E-state index contributed by atoms with van der Waals surface area (Å²) in [5, 5.41) is 27.3. The van der Waals surface area contributed by atoms with Crippen LogP contribution in [0.25, 0.3) is 0 Å². The highest BCUT2D eigenvalue weighted by Gasteiger charge is 2.32. The number of aromatic nitrogens is 4. The van der Waals surface area contributed by atoms with Gasteiger partial charge in [0.1, 0.15) is 23.2 Å². The highest BCUT2D eigenvalue weighted by molar-refractivity contribution is 5.90. The number of anilines is 1. The van der Waals surface area contributed by atoms with Crippen molar-refractivity contribution < 1.29 is 23.9 Å². The van der Waals surface area contributed by atoms with E-state index in [-0.39, 0.29) is 24.8 Å². The van der Waals surface area contributed by atoms with Gasteiger partial charge in [-0.1, -0.05) is 10.4 Å². The van der Waals surface area contributed by atoms with Crippen LogP contribution >= 0.6 is 0 Å². The molecule has 2 aromatic heterocycles. The molecule has 1 aliphatic heterocycles. The summed E-state index contributed by atoms with van der Waals surface area (Å²) in [6.45, 7) is 4.40. The van der Waals surface area contributed by atoms with Crippen LogP contribution in [0.2, 0.25) is 0 Å². The predicted octanol–water partition coefficient (Wildman–Crippen LogP) is 1.15. The van der Waals surface area contributed by atoms with Crippen LogP contribution in [0.3, 0.4) is 0 Å². The maximum absolute atomic E-state index is 12.3. The van der Waals surface area contributed by atoms with Gasteiger partial charge in [0.2, 0.25) is 0 Å². The highest BCUT2D eigenvalue weighted by Crippen LogP contribution is 2.23. The molecule has 3 rings (SSSR count). The zero-order valence-electron chi connectivity index (χ0n) is 16.9. The van der Waals surface area contributed by atoms with E-state index in [9.17, 15) is 9.90 Å². The summed E-state index contributed by atoms with van der Waals surface area (Å²) in [5.74, 6) is 0.540. The molecule has 3 atom stereocenters. The van der Waals surface area contributed by atoms with E-state index < -0.39 is 6.10 Å². The predicted molar refractivity (Wildman–Crippen MR) is 102 cm³/mol. The highest BCUT2D eigenvalue weighted by atomic mass is 16.5. The molecule has 1 saturated heterocycles. The third kappa shape index (κ3) is 5.52. The smallest absolute Gasteiger partial charge is 0.319 e. The molecule has 3 N–H and O–H groups in total. The zero-order chi connectivity index (χ0) is 20.8. The molecular formula is C18H28N6O5. The molecule has 0 bridgehead atoms. The number of nitrogens with one attached hydrogen (secondary N) is 2. The summed E-state index contributed by atoms with van der Waals surface area (Å²) < 4.78 is 17.8. The molecule has 0 aromatic carbocycles. The summed E-state index contributed by atoms with van der Waals surface area (Å²) in [4.78, 5) is 12.3. The second-order valence-electron chi connectivity index (χ2n) is 7.16. The monoisotopic (exact) mass is 408 g/mol. The Balaban J connectivity index is 1.47. The van der Waals surface area contributed by atoms with Crippen LogP contribution in [0.4, 0.5) is 10.5 Å². The molecule has 0 aliphatic carbocycles. The van der Waals surface area contributed by atoms with Gasteiger partial charge in [0.15, 0.2) is 5.76 Å². The Morgan fingerprint density at radius 3 is 2.93 bits per heavy atom. The number of ether oxygens (including phenoxy) is 2. The Bertz CT molecular complexity index is 787. The summed E-state index contributed by atoms with van der Waals surface area (Å²) in [5.41, 5.74) is 1.94. The minimum absolute atomic E-state index is 0.0223. The van der Waals surface area contributed by atoms with Crippen molar-refractivity contribution >= 4 is 11.7 Å². The van der Waals surface area contributed by atoms with Gasteiger partial charge in [-0.3, -0.25) is 4.68 Å². The van der Waals surface area contributed by atoms with Crippen molar-refractivity contribution in [3.63, 3.8) is 0 Å². The lowest BCUT2D eigenvalue weighted by atomic mass is 9.97. The number of carbonyl (C=O) groups is 1. The number of hydrogen-bond acceptors (Lipinski definition) is 8. The van der Waals surface area contributed by atoms with E-state index in [0.717, 1.165) is 18.5 Å². The van der Waals surface area contributed by atoms with Crippen LogP contribution in [-0.2, 0) is 22.6 Å². The Kier molecular flexibility index (Phi) is 7.18. The summed E-state index contributed by atoms with van der Waals surface area (Å²) in [7, 11) is 1.61. The van der Waals surface area contributed by atoms with Gasteiger partial charge in [-0.15, -0.1) is 5.10 Å². The van der Waals surface area contributed by atoms with Gasteiger partial charge in [0, 0.05) is 13.7 Å². The van der Waals surface area contributed by atoms with Crippen LogP contribution in [0, 0.1) is 13.8 Å². The maximum atomic E-state index is 12.3. The van der Waals surface area contributed by atoms with Crippen LogP contribution in [0.15, 0.2) is 10.7 Å². The van der Waals surface area contributed by atoms with Crippen molar-refractivity contribution in [1.29, 1.82) is 0 Å². The minimum Gasteiger partial charge on any atom is -0.394 e. The van der Waals surface area contributed by atoms with Crippen LogP contribution in [0.1, 0.15) is 36.4 Å². The molecule has 11 nitrogen and oxygen atoms in total. The van der Waals surface area contributed by atoms with Crippen molar-refractivity contribution in [2.75, 3.05) is 19.0 Å². The molecule has 1 fully saturated rings. The Morgan fingerprint density at radius 2 is 2.24 bits per heavy atom. The second kappa shape index (κ2) is 9.81. The van der Waals surface area contributed by atoms with Gasteiger partial charge in [0.05, 0.1) is 31.6 Å². The number of urea groups is 1. The van der Waals surface area contributed by atoms with Gasteiger partial charge in [-0.2, -0.15) is 0 Å². The lowest BCUT2D eigenvalue weighted by Crippen LogP contribution is -2.52.